The van der Waals surface area contributed by atoms with E-state index in [0.717, 1.165) is 15.6 Å². The Balaban J connectivity index is 1.73. The molecular weight excluding hydrogens is 437 g/mol. The SMILES string of the molecule is O=C(c1sc2ccccc2c1Cl)N(Cc1cccc(Cl)c1)[C@@H]1CCS(=O)(=O)C1. The molecule has 3 aromatic rings. The summed E-state index contributed by atoms with van der Waals surface area (Å²) in [5, 5.41) is 1.82. The second kappa shape index (κ2) is 7.67. The zero-order chi connectivity index (χ0) is 19.9. The molecule has 146 valence electrons. The summed E-state index contributed by atoms with van der Waals surface area (Å²) < 4.78 is 25.0. The third-order valence-electron chi connectivity index (χ3n) is 4.88. The summed E-state index contributed by atoms with van der Waals surface area (Å²) in [4.78, 5) is 15.5. The lowest BCUT2D eigenvalue weighted by Crippen LogP contribution is -2.40. The van der Waals surface area contributed by atoms with E-state index in [4.69, 9.17) is 23.2 Å². The molecule has 0 radical (unpaired) electrons. The Morgan fingerprint density at radius 3 is 2.61 bits per heavy atom. The molecule has 0 bridgehead atoms. The number of thiophene rings is 1. The lowest BCUT2D eigenvalue weighted by Gasteiger charge is -2.28. The maximum atomic E-state index is 13.4. The van der Waals surface area contributed by atoms with Crippen molar-refractivity contribution >= 4 is 60.4 Å². The smallest absolute Gasteiger partial charge is 0.266 e. The van der Waals surface area contributed by atoms with Gasteiger partial charge in [-0.25, -0.2) is 8.42 Å². The molecule has 1 saturated heterocycles. The molecule has 1 fully saturated rings. The summed E-state index contributed by atoms with van der Waals surface area (Å²) in [7, 11) is -3.14. The molecule has 2 heterocycles. The highest BCUT2D eigenvalue weighted by molar-refractivity contribution is 7.91. The van der Waals surface area contributed by atoms with Gasteiger partial charge in [0.15, 0.2) is 9.84 Å². The van der Waals surface area contributed by atoms with E-state index < -0.39 is 9.84 Å². The van der Waals surface area contributed by atoms with Gasteiger partial charge in [-0.3, -0.25) is 4.79 Å². The number of rotatable bonds is 4. The number of carbonyl (C=O) groups excluding carboxylic acids is 1. The van der Waals surface area contributed by atoms with Crippen LogP contribution in [0, 0.1) is 0 Å². The van der Waals surface area contributed by atoms with Crippen molar-refractivity contribution in [3.8, 4) is 0 Å². The number of benzene rings is 2. The lowest BCUT2D eigenvalue weighted by molar-refractivity contribution is 0.0686. The van der Waals surface area contributed by atoms with Gasteiger partial charge in [0.2, 0.25) is 0 Å². The molecule has 1 atom stereocenters. The van der Waals surface area contributed by atoms with Gasteiger partial charge >= 0.3 is 0 Å². The van der Waals surface area contributed by atoms with Crippen LogP contribution in [0.4, 0.5) is 0 Å². The van der Waals surface area contributed by atoms with Crippen LogP contribution in [0.2, 0.25) is 10.0 Å². The molecule has 28 heavy (non-hydrogen) atoms. The van der Waals surface area contributed by atoms with Crippen molar-refractivity contribution in [2.24, 2.45) is 0 Å². The first-order valence-electron chi connectivity index (χ1n) is 8.77. The van der Waals surface area contributed by atoms with Gasteiger partial charge in [0, 0.05) is 27.7 Å². The number of amides is 1. The Morgan fingerprint density at radius 2 is 1.93 bits per heavy atom. The number of nitrogens with zero attached hydrogens (tertiary/aromatic N) is 1. The second-order valence-corrected chi connectivity index (χ2v) is 11.0. The van der Waals surface area contributed by atoms with Crippen LogP contribution in [0.5, 0.6) is 0 Å². The minimum atomic E-state index is -3.14. The van der Waals surface area contributed by atoms with Crippen LogP contribution in [0.25, 0.3) is 10.1 Å². The third-order valence-corrected chi connectivity index (χ3v) is 8.53. The van der Waals surface area contributed by atoms with Crippen LogP contribution >= 0.6 is 34.5 Å². The summed E-state index contributed by atoms with van der Waals surface area (Å²) in [5.74, 6) is -0.174. The predicted molar refractivity (Wildman–Crippen MR) is 115 cm³/mol. The van der Waals surface area contributed by atoms with E-state index in [1.165, 1.54) is 11.3 Å². The van der Waals surface area contributed by atoms with Gasteiger partial charge in [-0.1, -0.05) is 53.5 Å². The second-order valence-electron chi connectivity index (χ2n) is 6.86. The Bertz CT molecular complexity index is 1160. The Labute approximate surface area is 177 Å². The van der Waals surface area contributed by atoms with Crippen LogP contribution in [0.3, 0.4) is 0 Å². The van der Waals surface area contributed by atoms with Crippen molar-refractivity contribution < 1.29 is 13.2 Å². The van der Waals surface area contributed by atoms with E-state index >= 15 is 0 Å². The number of carbonyl (C=O) groups is 1. The molecule has 0 aliphatic carbocycles. The molecule has 0 spiro atoms. The summed E-state index contributed by atoms with van der Waals surface area (Å²) in [6, 6.07) is 14.4. The van der Waals surface area contributed by atoms with Crippen molar-refractivity contribution in [1.82, 2.24) is 4.90 Å². The minimum absolute atomic E-state index is 0.0260. The summed E-state index contributed by atoms with van der Waals surface area (Å²) >= 11 is 13.9. The van der Waals surface area contributed by atoms with E-state index in [1.54, 1.807) is 17.0 Å². The van der Waals surface area contributed by atoms with Crippen LogP contribution in [0.15, 0.2) is 48.5 Å². The molecule has 1 amide bonds. The number of hydrogen-bond acceptors (Lipinski definition) is 4. The fourth-order valence-electron chi connectivity index (χ4n) is 3.50. The largest absolute Gasteiger partial charge is 0.330 e. The molecule has 0 saturated carbocycles. The van der Waals surface area contributed by atoms with Crippen molar-refractivity contribution in [3.05, 3.63) is 69.0 Å². The number of sulfone groups is 1. The molecule has 2 aromatic carbocycles. The molecule has 8 heteroatoms. The van der Waals surface area contributed by atoms with E-state index in [-0.39, 0.29) is 30.0 Å². The molecule has 4 rings (SSSR count). The maximum absolute atomic E-state index is 13.4. The zero-order valence-electron chi connectivity index (χ0n) is 14.8. The average Bonchev–Trinajstić information content (AvgIpc) is 3.19. The summed E-state index contributed by atoms with van der Waals surface area (Å²) in [5.41, 5.74) is 0.849. The van der Waals surface area contributed by atoms with Crippen molar-refractivity contribution in [2.45, 2.75) is 19.0 Å². The minimum Gasteiger partial charge on any atom is -0.330 e. The topological polar surface area (TPSA) is 54.5 Å². The predicted octanol–water partition coefficient (Wildman–Crippen LogP) is 5.04. The number of fused-ring (bicyclic) bond motifs is 1. The summed E-state index contributed by atoms with van der Waals surface area (Å²) in [6.07, 6.45) is 0.428. The van der Waals surface area contributed by atoms with Crippen LogP contribution in [-0.4, -0.2) is 36.8 Å². The van der Waals surface area contributed by atoms with Crippen LogP contribution in [-0.2, 0) is 16.4 Å². The number of halogens is 2. The van der Waals surface area contributed by atoms with Gasteiger partial charge in [0.1, 0.15) is 4.88 Å². The average molecular weight is 454 g/mol. The van der Waals surface area contributed by atoms with E-state index in [0.29, 0.717) is 21.3 Å². The van der Waals surface area contributed by atoms with E-state index in [9.17, 15) is 13.2 Å². The van der Waals surface area contributed by atoms with Gasteiger partial charge in [-0.15, -0.1) is 11.3 Å². The first-order valence-corrected chi connectivity index (χ1v) is 12.2. The van der Waals surface area contributed by atoms with Crippen LogP contribution in [0.1, 0.15) is 21.7 Å². The number of hydrogen-bond donors (Lipinski definition) is 0. The Morgan fingerprint density at radius 1 is 1.14 bits per heavy atom. The highest BCUT2D eigenvalue weighted by Crippen LogP contribution is 2.37. The van der Waals surface area contributed by atoms with Gasteiger partial charge in [-0.2, -0.15) is 0 Å². The third kappa shape index (κ3) is 3.92. The van der Waals surface area contributed by atoms with Gasteiger partial charge in [-0.05, 0) is 30.2 Å². The van der Waals surface area contributed by atoms with E-state index in [2.05, 4.69) is 0 Å². The van der Waals surface area contributed by atoms with Crippen LogP contribution < -0.4 is 0 Å². The van der Waals surface area contributed by atoms with Gasteiger partial charge in [0.25, 0.3) is 5.91 Å². The molecule has 0 unspecified atom stereocenters. The highest BCUT2D eigenvalue weighted by Gasteiger charge is 2.36. The van der Waals surface area contributed by atoms with Gasteiger partial charge < -0.3 is 4.90 Å². The summed E-state index contributed by atoms with van der Waals surface area (Å²) in [6.45, 7) is 0.282. The first kappa shape index (κ1) is 19.7. The zero-order valence-corrected chi connectivity index (χ0v) is 17.9. The normalized spacial score (nSPS) is 18.4. The first-order chi connectivity index (χ1) is 13.3. The molecule has 1 aliphatic heterocycles. The highest BCUT2D eigenvalue weighted by atomic mass is 35.5. The maximum Gasteiger partial charge on any atom is 0.266 e. The van der Waals surface area contributed by atoms with Crippen molar-refractivity contribution in [1.29, 1.82) is 0 Å². The van der Waals surface area contributed by atoms with Crippen molar-refractivity contribution in [3.63, 3.8) is 0 Å². The fourth-order valence-corrected chi connectivity index (χ4v) is 6.91. The monoisotopic (exact) mass is 453 g/mol. The van der Waals surface area contributed by atoms with Crippen molar-refractivity contribution in [2.75, 3.05) is 11.5 Å². The Kier molecular flexibility index (Phi) is 5.40. The molecule has 4 nitrogen and oxygen atoms in total. The molecular formula is C20H17Cl2NO3S2. The molecule has 1 aromatic heterocycles. The quantitative estimate of drug-likeness (QED) is 0.555. The molecule has 1 aliphatic rings. The standard InChI is InChI=1S/C20H17Cl2NO3S2/c21-14-5-3-4-13(10-14)11-23(15-8-9-28(25,26)12-15)20(24)19-18(22)16-6-1-2-7-17(16)27-19/h1-7,10,15H,8-9,11-12H2/t15-/m1/s1. The lowest BCUT2D eigenvalue weighted by atomic mass is 10.1. The fraction of sp³-hybridized carbons (Fsp3) is 0.250. The Hall–Kier alpha value is -1.60. The van der Waals surface area contributed by atoms with Gasteiger partial charge in [0.05, 0.1) is 16.5 Å². The van der Waals surface area contributed by atoms with E-state index in [1.807, 2.05) is 36.4 Å². The molecule has 0 N–H and O–H groups in total.